The monoisotopic (exact) mass is 788 g/mol. The maximum Gasteiger partial charge on any atom is 0.388 e. The van der Waals surface area contributed by atoms with Crippen LogP contribution in [0.25, 0.3) is 0 Å². The predicted octanol–water partition coefficient (Wildman–Crippen LogP) is 13.0. The topological polar surface area (TPSA) is 27.7 Å². The lowest BCUT2D eigenvalue weighted by Crippen LogP contribution is -2.73. The van der Waals surface area contributed by atoms with Crippen molar-refractivity contribution < 1.29 is 39.6 Å². The third-order valence-corrected chi connectivity index (χ3v) is 25.1. The minimum atomic E-state index is -4.37. The lowest BCUT2D eigenvalue weighted by Gasteiger charge is -2.60. The molecule has 0 amide bonds. The van der Waals surface area contributed by atoms with E-state index in [0.717, 1.165) is 50.7 Å². The lowest BCUT2D eigenvalue weighted by molar-refractivity contribution is -0.131. The van der Waals surface area contributed by atoms with Crippen LogP contribution in [0.5, 0.6) is 0 Å². The molecule has 1 aromatic carbocycles. The molecule has 0 aromatic heterocycles. The summed E-state index contributed by atoms with van der Waals surface area (Å²) in [7, 11) is -11.5. The average Bonchev–Trinajstić information content (AvgIpc) is 2.97. The second-order valence-corrected chi connectivity index (χ2v) is 35.6. The Morgan fingerprint density at radius 3 is 1.60 bits per heavy atom. The van der Waals surface area contributed by atoms with E-state index in [4.69, 9.17) is 13.3 Å². The fourth-order valence-corrected chi connectivity index (χ4v) is 22.4. The molecule has 0 bridgehead atoms. The maximum absolute atomic E-state index is 15.2. The Balaban J connectivity index is 4.37. The van der Waals surface area contributed by atoms with Crippen LogP contribution in [0.2, 0.25) is 63.5 Å². The van der Waals surface area contributed by atoms with Crippen LogP contribution in [0.15, 0.2) is 12.1 Å². The highest BCUT2D eigenvalue weighted by atomic mass is 28.4. The molecular weight excluding hydrogens is 719 g/mol. The highest BCUT2D eigenvalue weighted by Crippen LogP contribution is 2.59. The van der Waals surface area contributed by atoms with Gasteiger partial charge in [0.1, 0.15) is 0 Å². The zero-order valence-corrected chi connectivity index (χ0v) is 38.0. The highest BCUT2D eigenvalue weighted by Gasteiger charge is 2.64. The van der Waals surface area contributed by atoms with Crippen molar-refractivity contribution in [1.82, 2.24) is 0 Å². The fourth-order valence-electron chi connectivity index (χ4n) is 7.68. The standard InChI is InChI=1S/C37H70F6O3Si4/c1-16-20-23-34(5,35(6,19-4)49(14,26-25-37(41,42)43)44-32(22-18-3)47(8,9)10)45-50(15,29-27-30(38)33(40)31(39)28-29)36(7,24-21-17-2)46-48(11,12)13/h27-28,32H,16-26H2,1-15H3. The maximum atomic E-state index is 15.2. The molecule has 0 heterocycles. The largest absolute Gasteiger partial charge is 0.417 e. The van der Waals surface area contributed by atoms with Gasteiger partial charge in [-0.15, -0.1) is 0 Å². The van der Waals surface area contributed by atoms with Gasteiger partial charge in [-0.3, -0.25) is 0 Å². The van der Waals surface area contributed by atoms with Gasteiger partial charge in [0.25, 0.3) is 8.32 Å². The van der Waals surface area contributed by atoms with Crippen molar-refractivity contribution in [2.75, 3.05) is 0 Å². The summed E-state index contributed by atoms with van der Waals surface area (Å²) in [5, 5.41) is -1.64. The van der Waals surface area contributed by atoms with E-state index in [1.807, 2.05) is 40.8 Å². The first kappa shape index (κ1) is 47.6. The molecule has 1 rings (SSSR count). The van der Waals surface area contributed by atoms with Crippen LogP contribution in [0.3, 0.4) is 0 Å². The zero-order chi connectivity index (χ0) is 39.2. The van der Waals surface area contributed by atoms with E-state index in [1.165, 1.54) is 0 Å². The van der Waals surface area contributed by atoms with Gasteiger partial charge < -0.3 is 13.3 Å². The number of benzene rings is 1. The van der Waals surface area contributed by atoms with Crippen molar-refractivity contribution in [2.45, 2.75) is 199 Å². The summed E-state index contributed by atoms with van der Waals surface area (Å²) in [4.78, 5) is 0. The van der Waals surface area contributed by atoms with Crippen LogP contribution >= 0.6 is 0 Å². The number of hydrogen-bond acceptors (Lipinski definition) is 3. The van der Waals surface area contributed by atoms with Crippen LogP contribution in [-0.2, 0) is 13.3 Å². The molecule has 0 N–H and O–H groups in total. The summed E-state index contributed by atoms with van der Waals surface area (Å²) in [6.07, 6.45) is 0.925. The Morgan fingerprint density at radius 2 is 1.20 bits per heavy atom. The molecule has 50 heavy (non-hydrogen) atoms. The SMILES string of the molecule is CCCCC(C)(O[Si](C)(c1cc(F)c(F)c(F)c1)C(C)(CCCC)O[Si](C)(C)C)C(C)(CC)[Si](C)(CCC(F)(F)F)OC(CCC)[Si](C)(C)C. The fraction of sp³-hybridized carbons (Fsp3) is 0.838. The molecule has 0 aliphatic carbocycles. The molecule has 0 saturated heterocycles. The summed E-state index contributed by atoms with van der Waals surface area (Å²) in [6.45, 7) is 30.9. The third-order valence-electron chi connectivity index (χ3n) is 11.4. The zero-order valence-electron chi connectivity index (χ0n) is 34.0. The van der Waals surface area contributed by atoms with Gasteiger partial charge in [-0.1, -0.05) is 86.4 Å². The minimum absolute atomic E-state index is 0.132. The molecule has 0 aliphatic rings. The molecule has 0 spiro atoms. The van der Waals surface area contributed by atoms with Gasteiger partial charge in [-0.05, 0) is 95.6 Å². The number of halogens is 6. The Hall–Kier alpha value is -0.452. The summed E-state index contributed by atoms with van der Waals surface area (Å²) in [5.74, 6) is -4.15. The predicted molar refractivity (Wildman–Crippen MR) is 208 cm³/mol. The van der Waals surface area contributed by atoms with E-state index in [0.29, 0.717) is 19.3 Å². The molecule has 13 heteroatoms. The molecule has 1 aromatic rings. The van der Waals surface area contributed by atoms with Gasteiger partial charge in [0.05, 0.1) is 18.9 Å². The van der Waals surface area contributed by atoms with Gasteiger partial charge in [0.15, 0.2) is 34.1 Å². The Labute approximate surface area is 305 Å². The smallest absolute Gasteiger partial charge is 0.388 e. The van der Waals surface area contributed by atoms with Crippen LogP contribution in [0.4, 0.5) is 26.3 Å². The molecule has 0 aliphatic heterocycles. The average molecular weight is 789 g/mol. The van der Waals surface area contributed by atoms with Crippen molar-refractivity contribution in [1.29, 1.82) is 0 Å². The number of hydrogen-bond donors (Lipinski definition) is 0. The third kappa shape index (κ3) is 11.5. The molecule has 0 saturated carbocycles. The Bertz CT molecular complexity index is 1200. The van der Waals surface area contributed by atoms with Crippen molar-refractivity contribution in [3.05, 3.63) is 29.6 Å². The van der Waals surface area contributed by atoms with E-state index >= 15 is 8.78 Å². The number of unbranched alkanes of at least 4 members (excludes halogenated alkanes) is 2. The normalized spacial score (nSPS) is 19.9. The summed E-state index contributed by atoms with van der Waals surface area (Å²) in [5.41, 5.74) is -1.23. The Kier molecular flexibility index (Phi) is 16.9. The number of alkyl halides is 3. The van der Waals surface area contributed by atoms with Gasteiger partial charge in [0.2, 0.25) is 0 Å². The van der Waals surface area contributed by atoms with Crippen LogP contribution in [0, 0.1) is 17.5 Å². The summed E-state index contributed by atoms with van der Waals surface area (Å²) in [6, 6.07) is 1.99. The molecule has 0 radical (unpaired) electrons. The van der Waals surface area contributed by atoms with E-state index in [2.05, 4.69) is 60.1 Å². The van der Waals surface area contributed by atoms with Gasteiger partial charge in [0, 0.05) is 17.2 Å². The first-order valence-electron chi connectivity index (χ1n) is 18.8. The Morgan fingerprint density at radius 1 is 0.700 bits per heavy atom. The first-order valence-corrected chi connectivity index (χ1v) is 30.8. The van der Waals surface area contributed by atoms with Crippen molar-refractivity contribution in [3.63, 3.8) is 0 Å². The lowest BCUT2D eigenvalue weighted by atomic mass is 9.83. The molecular formula is C37H70F6O3Si4. The van der Waals surface area contributed by atoms with Crippen molar-refractivity contribution >= 4 is 38.2 Å². The van der Waals surface area contributed by atoms with E-state index in [1.54, 1.807) is 0 Å². The molecule has 6 atom stereocenters. The molecule has 6 unspecified atom stereocenters. The molecule has 294 valence electrons. The van der Waals surface area contributed by atoms with Crippen molar-refractivity contribution in [3.8, 4) is 0 Å². The van der Waals surface area contributed by atoms with Gasteiger partial charge >= 0.3 is 6.18 Å². The van der Waals surface area contributed by atoms with Crippen LogP contribution in [-0.4, -0.2) is 55.8 Å². The minimum Gasteiger partial charge on any atom is -0.417 e. The van der Waals surface area contributed by atoms with E-state index in [-0.39, 0.29) is 17.0 Å². The highest BCUT2D eigenvalue weighted by molar-refractivity contribution is 6.89. The molecule has 0 fully saturated rings. The summed E-state index contributed by atoms with van der Waals surface area (Å²) >= 11 is 0. The van der Waals surface area contributed by atoms with E-state index < -0.39 is 78.9 Å². The number of rotatable bonds is 22. The van der Waals surface area contributed by atoms with Crippen LogP contribution in [0.1, 0.15) is 113 Å². The van der Waals surface area contributed by atoms with Gasteiger partial charge in [-0.25, -0.2) is 13.2 Å². The molecule has 3 nitrogen and oxygen atoms in total. The van der Waals surface area contributed by atoms with E-state index in [9.17, 15) is 17.6 Å². The first-order chi connectivity index (χ1) is 22.5. The quantitative estimate of drug-likeness (QED) is 0.0665. The van der Waals surface area contributed by atoms with Crippen molar-refractivity contribution in [2.24, 2.45) is 0 Å². The second-order valence-electron chi connectivity index (χ2n) is 17.6. The van der Waals surface area contributed by atoms with Crippen LogP contribution < -0.4 is 5.19 Å². The van der Waals surface area contributed by atoms with Gasteiger partial charge in [-0.2, -0.15) is 13.2 Å². The summed E-state index contributed by atoms with van der Waals surface area (Å²) < 4.78 is 109. The second kappa shape index (κ2) is 17.8.